The number of carbonyl (C=O) groups excluding carboxylic acids is 2. The number of carbonyl (C=O) groups is 2. The van der Waals surface area contributed by atoms with E-state index in [0.29, 0.717) is 32.3 Å². The molecule has 3 N–H and O–H groups in total. The molecule has 0 spiro atoms. The third-order valence-corrected chi connectivity index (χ3v) is 6.74. The van der Waals surface area contributed by atoms with Crippen LogP contribution in [0.1, 0.15) is 31.2 Å². The molecule has 0 fully saturated rings. The van der Waals surface area contributed by atoms with Crippen LogP contribution in [0.25, 0.3) is 10.2 Å². The summed E-state index contributed by atoms with van der Waals surface area (Å²) >= 11 is 1.20. The summed E-state index contributed by atoms with van der Waals surface area (Å²) in [7, 11) is 0. The fourth-order valence-electron chi connectivity index (χ4n) is 3.75. The molecule has 196 valence electrons. The van der Waals surface area contributed by atoms with E-state index in [9.17, 15) is 22.8 Å². The average molecular weight is 548 g/mol. The average Bonchev–Trinajstić information content (AvgIpc) is 3.36. The second kappa shape index (κ2) is 10.5. The number of nitrogens with zero attached hydrogens (tertiary/aromatic N) is 2. The molecule has 5 aromatic rings. The van der Waals surface area contributed by atoms with Gasteiger partial charge in [0.05, 0.1) is 15.8 Å². The van der Waals surface area contributed by atoms with Gasteiger partial charge in [-0.15, -0.1) is 11.3 Å². The number of hydrogen-bond donors (Lipinski definition) is 3. The molecule has 7 nitrogen and oxygen atoms in total. The van der Waals surface area contributed by atoms with Crippen molar-refractivity contribution in [1.82, 2.24) is 9.97 Å². The molecule has 0 aliphatic rings. The van der Waals surface area contributed by atoms with Crippen molar-refractivity contribution in [1.29, 1.82) is 0 Å². The van der Waals surface area contributed by atoms with E-state index in [4.69, 9.17) is 0 Å². The van der Waals surface area contributed by atoms with Crippen LogP contribution >= 0.6 is 11.3 Å². The second-order valence-corrected chi connectivity index (χ2v) is 9.64. The van der Waals surface area contributed by atoms with E-state index >= 15 is 0 Å². The molecule has 0 saturated carbocycles. The predicted octanol–water partition coefficient (Wildman–Crippen LogP) is 7.27. The molecule has 39 heavy (non-hydrogen) atoms. The minimum absolute atomic E-state index is 0.138. The van der Waals surface area contributed by atoms with Gasteiger partial charge in [0.15, 0.2) is 0 Å². The van der Waals surface area contributed by atoms with Crippen molar-refractivity contribution in [2.75, 3.05) is 16.0 Å². The summed E-state index contributed by atoms with van der Waals surface area (Å²) in [5.41, 5.74) is 1.62. The standard InChI is InChI=1S/C28H20F3N5O2S/c1-16-8-10-19(11-9-16)34-24-22-14-23(39-27(22)33-15-32-24)26(38)36-21-7-3-6-20(13-21)35-25(37)17-4-2-5-18(12-17)28(29,30)31/h2-15H,1H3,(H,35,37)(H,36,38)(H,32,33,34). The monoisotopic (exact) mass is 547 g/mol. The highest BCUT2D eigenvalue weighted by Crippen LogP contribution is 2.31. The van der Waals surface area contributed by atoms with Gasteiger partial charge in [-0.1, -0.05) is 29.8 Å². The highest BCUT2D eigenvalue weighted by atomic mass is 32.1. The molecule has 0 aliphatic heterocycles. The summed E-state index contributed by atoms with van der Waals surface area (Å²) in [5.74, 6) is -0.527. The number of rotatable bonds is 6. The van der Waals surface area contributed by atoms with E-state index in [1.807, 2.05) is 31.2 Å². The maximum atomic E-state index is 13.0. The smallest absolute Gasteiger partial charge is 0.340 e. The molecule has 0 unspecified atom stereocenters. The first-order valence-corrected chi connectivity index (χ1v) is 12.5. The largest absolute Gasteiger partial charge is 0.416 e. The summed E-state index contributed by atoms with van der Waals surface area (Å²) in [6.07, 6.45) is -3.14. The Balaban J connectivity index is 1.30. The molecule has 2 aromatic heterocycles. The zero-order valence-corrected chi connectivity index (χ0v) is 21.2. The third-order valence-electron chi connectivity index (χ3n) is 5.70. The van der Waals surface area contributed by atoms with E-state index in [1.165, 1.54) is 35.9 Å². The third kappa shape index (κ3) is 6.04. The predicted molar refractivity (Wildman–Crippen MR) is 146 cm³/mol. The molecular formula is C28H20F3N5O2S. The van der Waals surface area contributed by atoms with Crippen LogP contribution in [0.4, 0.5) is 36.1 Å². The Kier molecular flexibility index (Phi) is 6.99. The number of anilines is 4. The Morgan fingerprint density at radius 1 is 0.795 bits per heavy atom. The first-order valence-electron chi connectivity index (χ1n) is 11.6. The SMILES string of the molecule is Cc1ccc(Nc2ncnc3sc(C(=O)Nc4cccc(NC(=O)c5cccc(C(F)(F)F)c5)c4)cc23)cc1. The second-order valence-electron chi connectivity index (χ2n) is 8.61. The van der Waals surface area contributed by atoms with Gasteiger partial charge in [0.2, 0.25) is 0 Å². The van der Waals surface area contributed by atoms with Gasteiger partial charge in [0.1, 0.15) is 17.0 Å². The van der Waals surface area contributed by atoms with E-state index in [-0.39, 0.29) is 11.5 Å². The number of aromatic nitrogens is 2. The summed E-state index contributed by atoms with van der Waals surface area (Å²) in [6, 6.07) is 20.0. The lowest BCUT2D eigenvalue weighted by molar-refractivity contribution is -0.137. The minimum atomic E-state index is -4.56. The summed E-state index contributed by atoms with van der Waals surface area (Å²) in [6.45, 7) is 2.00. The van der Waals surface area contributed by atoms with Gasteiger partial charge < -0.3 is 16.0 Å². The minimum Gasteiger partial charge on any atom is -0.340 e. The van der Waals surface area contributed by atoms with E-state index < -0.39 is 17.6 Å². The van der Waals surface area contributed by atoms with Crippen LogP contribution in [0.3, 0.4) is 0 Å². The zero-order valence-electron chi connectivity index (χ0n) is 20.3. The normalized spacial score (nSPS) is 11.3. The highest BCUT2D eigenvalue weighted by molar-refractivity contribution is 7.20. The number of amides is 2. The van der Waals surface area contributed by atoms with Gasteiger partial charge in [0, 0.05) is 22.6 Å². The number of hydrogen-bond acceptors (Lipinski definition) is 6. The maximum absolute atomic E-state index is 13.0. The molecule has 0 atom stereocenters. The topological polar surface area (TPSA) is 96.0 Å². The van der Waals surface area contributed by atoms with Crippen molar-refractivity contribution < 1.29 is 22.8 Å². The fraction of sp³-hybridized carbons (Fsp3) is 0.0714. The molecule has 0 radical (unpaired) electrons. The van der Waals surface area contributed by atoms with E-state index in [0.717, 1.165) is 23.4 Å². The Bertz CT molecular complexity index is 1680. The maximum Gasteiger partial charge on any atom is 0.416 e. The van der Waals surface area contributed by atoms with Crippen LogP contribution in [0.5, 0.6) is 0 Å². The van der Waals surface area contributed by atoms with Crippen LogP contribution < -0.4 is 16.0 Å². The lowest BCUT2D eigenvalue weighted by atomic mass is 10.1. The quantitative estimate of drug-likeness (QED) is 0.208. The molecule has 0 bridgehead atoms. The summed E-state index contributed by atoms with van der Waals surface area (Å²) < 4.78 is 39.0. The van der Waals surface area contributed by atoms with Crippen molar-refractivity contribution in [3.63, 3.8) is 0 Å². The Labute approximate surface area is 224 Å². The zero-order chi connectivity index (χ0) is 27.6. The summed E-state index contributed by atoms with van der Waals surface area (Å²) in [4.78, 5) is 35.2. The van der Waals surface area contributed by atoms with Crippen LogP contribution in [-0.2, 0) is 6.18 Å². The van der Waals surface area contributed by atoms with E-state index in [2.05, 4.69) is 25.9 Å². The fourth-order valence-corrected chi connectivity index (χ4v) is 4.64. The van der Waals surface area contributed by atoms with Gasteiger partial charge in [-0.2, -0.15) is 13.2 Å². The first kappa shape index (κ1) is 25.9. The molecule has 11 heteroatoms. The Hall–Kier alpha value is -4.77. The number of nitrogens with one attached hydrogen (secondary N) is 3. The van der Waals surface area contributed by atoms with Crippen molar-refractivity contribution in [2.45, 2.75) is 13.1 Å². The van der Waals surface area contributed by atoms with Crippen LogP contribution in [0.2, 0.25) is 0 Å². The van der Waals surface area contributed by atoms with Gasteiger partial charge >= 0.3 is 6.18 Å². The van der Waals surface area contributed by atoms with Crippen molar-refractivity contribution in [3.05, 3.63) is 107 Å². The highest BCUT2D eigenvalue weighted by Gasteiger charge is 2.30. The summed E-state index contributed by atoms with van der Waals surface area (Å²) in [5, 5.41) is 9.28. The number of halogens is 3. The van der Waals surface area contributed by atoms with Crippen LogP contribution in [0.15, 0.2) is 85.2 Å². The molecule has 0 saturated heterocycles. The van der Waals surface area contributed by atoms with Crippen molar-refractivity contribution in [2.24, 2.45) is 0 Å². The molecule has 2 heterocycles. The molecule has 5 rings (SSSR count). The number of alkyl halides is 3. The number of benzene rings is 3. The Morgan fingerprint density at radius 3 is 2.21 bits per heavy atom. The number of fused-ring (bicyclic) bond motifs is 1. The molecule has 0 aliphatic carbocycles. The Morgan fingerprint density at radius 2 is 1.49 bits per heavy atom. The van der Waals surface area contributed by atoms with Crippen molar-refractivity contribution in [3.8, 4) is 0 Å². The van der Waals surface area contributed by atoms with Gasteiger partial charge in [-0.05, 0) is 61.5 Å². The molecular weight excluding hydrogens is 527 g/mol. The van der Waals surface area contributed by atoms with Gasteiger partial charge in [-0.25, -0.2) is 9.97 Å². The van der Waals surface area contributed by atoms with Crippen LogP contribution in [-0.4, -0.2) is 21.8 Å². The van der Waals surface area contributed by atoms with E-state index in [1.54, 1.807) is 24.3 Å². The first-order chi connectivity index (χ1) is 18.7. The van der Waals surface area contributed by atoms with Gasteiger partial charge in [0.25, 0.3) is 11.8 Å². The van der Waals surface area contributed by atoms with Crippen LogP contribution in [0, 0.1) is 6.92 Å². The number of aryl methyl sites for hydroxylation is 1. The van der Waals surface area contributed by atoms with Crippen molar-refractivity contribution >= 4 is 56.2 Å². The molecule has 3 aromatic carbocycles. The van der Waals surface area contributed by atoms with Gasteiger partial charge in [-0.3, -0.25) is 9.59 Å². The molecule has 2 amide bonds. The lowest BCUT2D eigenvalue weighted by Gasteiger charge is -2.10. The lowest BCUT2D eigenvalue weighted by Crippen LogP contribution is -2.14. The number of thiophene rings is 1.